The highest BCUT2D eigenvalue weighted by molar-refractivity contribution is 6.31. The second-order valence-electron chi connectivity index (χ2n) is 4.58. The summed E-state index contributed by atoms with van der Waals surface area (Å²) in [4.78, 5) is 13.6. The van der Waals surface area contributed by atoms with E-state index in [1.54, 1.807) is 24.1 Å². The van der Waals surface area contributed by atoms with Crippen LogP contribution in [0.2, 0.25) is 5.02 Å². The molecule has 1 aliphatic heterocycles. The zero-order valence-electron chi connectivity index (χ0n) is 10.2. The summed E-state index contributed by atoms with van der Waals surface area (Å²) in [6.07, 6.45) is 0.841. The summed E-state index contributed by atoms with van der Waals surface area (Å²) in [5, 5.41) is 3.51. The predicted molar refractivity (Wildman–Crippen MR) is 68.9 cm³/mol. The first-order chi connectivity index (χ1) is 8.59. The van der Waals surface area contributed by atoms with Crippen LogP contribution in [0, 0.1) is 11.7 Å². The second kappa shape index (κ2) is 5.67. The third-order valence-corrected chi connectivity index (χ3v) is 3.60. The number of halogens is 2. The number of carbonyl (C=O) groups is 1. The van der Waals surface area contributed by atoms with E-state index in [-0.39, 0.29) is 24.2 Å². The lowest BCUT2D eigenvalue weighted by Gasteiger charge is -2.21. The molecule has 0 saturated carbocycles. The van der Waals surface area contributed by atoms with Gasteiger partial charge in [-0.1, -0.05) is 17.7 Å². The van der Waals surface area contributed by atoms with Crippen molar-refractivity contribution >= 4 is 17.5 Å². The molecule has 0 aromatic heterocycles. The van der Waals surface area contributed by atoms with Crippen LogP contribution >= 0.6 is 11.6 Å². The van der Waals surface area contributed by atoms with Gasteiger partial charge in [0.05, 0.1) is 5.92 Å². The highest BCUT2D eigenvalue weighted by Crippen LogP contribution is 2.21. The van der Waals surface area contributed by atoms with Gasteiger partial charge in [0.2, 0.25) is 5.91 Å². The van der Waals surface area contributed by atoms with Crippen LogP contribution in [0.15, 0.2) is 18.2 Å². The van der Waals surface area contributed by atoms with Crippen molar-refractivity contribution in [3.05, 3.63) is 34.6 Å². The highest BCUT2D eigenvalue weighted by atomic mass is 35.5. The second-order valence-corrected chi connectivity index (χ2v) is 4.99. The van der Waals surface area contributed by atoms with Crippen LogP contribution in [0.3, 0.4) is 0 Å². The molecule has 0 bridgehead atoms. The lowest BCUT2D eigenvalue weighted by molar-refractivity contribution is -0.134. The van der Waals surface area contributed by atoms with Gasteiger partial charge in [0.25, 0.3) is 0 Å². The van der Waals surface area contributed by atoms with Gasteiger partial charge in [0.15, 0.2) is 0 Å². The van der Waals surface area contributed by atoms with Crippen LogP contribution in [0.25, 0.3) is 0 Å². The standard InChI is InChI=1S/C13H16ClFN2O/c1-17(13(18)9-5-6-16-7-9)8-10-11(14)3-2-4-12(10)15/h2-4,9,16H,5-8H2,1H3/t9-/m0/s1. The van der Waals surface area contributed by atoms with Gasteiger partial charge in [-0.2, -0.15) is 0 Å². The van der Waals surface area contributed by atoms with Gasteiger partial charge >= 0.3 is 0 Å². The van der Waals surface area contributed by atoms with E-state index in [9.17, 15) is 9.18 Å². The molecule has 1 heterocycles. The number of hydrogen-bond acceptors (Lipinski definition) is 2. The normalized spacial score (nSPS) is 18.9. The van der Waals surface area contributed by atoms with E-state index in [0.717, 1.165) is 13.0 Å². The summed E-state index contributed by atoms with van der Waals surface area (Å²) in [6, 6.07) is 4.55. The minimum absolute atomic E-state index is 0.000508. The van der Waals surface area contributed by atoms with Crippen LogP contribution in [-0.2, 0) is 11.3 Å². The Morgan fingerprint density at radius 1 is 1.61 bits per heavy atom. The molecule has 98 valence electrons. The molecule has 0 radical (unpaired) electrons. The van der Waals surface area contributed by atoms with Crippen LogP contribution in [0.4, 0.5) is 4.39 Å². The van der Waals surface area contributed by atoms with Gasteiger partial charge in [0.1, 0.15) is 5.82 Å². The SMILES string of the molecule is CN(Cc1c(F)cccc1Cl)C(=O)[C@H]1CCNC1. The summed E-state index contributed by atoms with van der Waals surface area (Å²) in [7, 11) is 1.68. The molecule has 5 heteroatoms. The molecule has 18 heavy (non-hydrogen) atoms. The van der Waals surface area contributed by atoms with Crippen molar-refractivity contribution in [2.24, 2.45) is 5.92 Å². The fourth-order valence-electron chi connectivity index (χ4n) is 2.18. The average molecular weight is 271 g/mol. The van der Waals surface area contributed by atoms with E-state index < -0.39 is 0 Å². The molecule has 1 aromatic carbocycles. The summed E-state index contributed by atoms with van der Waals surface area (Å²) in [6.45, 7) is 1.78. The van der Waals surface area contributed by atoms with E-state index in [4.69, 9.17) is 11.6 Å². The Labute approximate surface area is 111 Å². The molecule has 0 unspecified atom stereocenters. The Kier molecular flexibility index (Phi) is 4.19. The third kappa shape index (κ3) is 2.82. The summed E-state index contributed by atoms with van der Waals surface area (Å²) in [5.41, 5.74) is 0.376. The molecule has 0 spiro atoms. The van der Waals surface area contributed by atoms with Gasteiger partial charge < -0.3 is 10.2 Å². The van der Waals surface area contributed by atoms with Gasteiger partial charge in [-0.3, -0.25) is 4.79 Å². The quantitative estimate of drug-likeness (QED) is 0.912. The monoisotopic (exact) mass is 270 g/mol. The Balaban J connectivity index is 2.06. The lowest BCUT2D eigenvalue weighted by atomic mass is 10.1. The van der Waals surface area contributed by atoms with Gasteiger partial charge in [-0.25, -0.2) is 4.39 Å². The zero-order valence-corrected chi connectivity index (χ0v) is 11.0. The molecule has 1 aliphatic rings. The van der Waals surface area contributed by atoms with Gasteiger partial charge in [0, 0.05) is 30.7 Å². The minimum Gasteiger partial charge on any atom is -0.341 e. The van der Waals surface area contributed by atoms with Crippen LogP contribution in [-0.4, -0.2) is 30.9 Å². The Bertz CT molecular complexity index is 426. The zero-order chi connectivity index (χ0) is 13.1. The number of carbonyl (C=O) groups excluding carboxylic acids is 1. The topological polar surface area (TPSA) is 32.3 Å². The molecule has 1 N–H and O–H groups in total. The van der Waals surface area contributed by atoms with E-state index >= 15 is 0 Å². The maximum atomic E-state index is 13.6. The number of rotatable bonds is 3. The maximum Gasteiger partial charge on any atom is 0.227 e. The first-order valence-corrected chi connectivity index (χ1v) is 6.36. The Hall–Kier alpha value is -1.13. The Morgan fingerprint density at radius 2 is 2.39 bits per heavy atom. The van der Waals surface area contributed by atoms with E-state index in [2.05, 4.69) is 5.32 Å². The molecule has 3 nitrogen and oxygen atoms in total. The molecule has 1 fully saturated rings. The van der Waals surface area contributed by atoms with Crippen molar-refractivity contribution in [3.8, 4) is 0 Å². The summed E-state index contributed by atoms with van der Waals surface area (Å²) in [5.74, 6) is -0.327. The van der Waals surface area contributed by atoms with Crippen molar-refractivity contribution in [2.75, 3.05) is 20.1 Å². The summed E-state index contributed by atoms with van der Waals surface area (Å²) >= 11 is 5.95. The smallest absolute Gasteiger partial charge is 0.227 e. The molecule has 1 atom stereocenters. The van der Waals surface area contributed by atoms with Crippen molar-refractivity contribution in [2.45, 2.75) is 13.0 Å². The van der Waals surface area contributed by atoms with E-state index in [1.165, 1.54) is 6.07 Å². The molecule has 0 aliphatic carbocycles. The number of benzene rings is 1. The number of hydrogen-bond donors (Lipinski definition) is 1. The largest absolute Gasteiger partial charge is 0.341 e. The van der Waals surface area contributed by atoms with Crippen molar-refractivity contribution in [1.82, 2.24) is 10.2 Å². The maximum absolute atomic E-state index is 13.6. The summed E-state index contributed by atoms with van der Waals surface area (Å²) < 4.78 is 13.6. The van der Waals surface area contributed by atoms with E-state index in [1.807, 2.05) is 0 Å². The predicted octanol–water partition coefficient (Wildman–Crippen LogP) is 2.05. The molecule has 2 rings (SSSR count). The van der Waals surface area contributed by atoms with Gasteiger partial charge in [-0.15, -0.1) is 0 Å². The van der Waals surface area contributed by atoms with Crippen LogP contribution < -0.4 is 5.32 Å². The first kappa shape index (κ1) is 13.3. The number of nitrogens with zero attached hydrogens (tertiary/aromatic N) is 1. The van der Waals surface area contributed by atoms with Gasteiger partial charge in [-0.05, 0) is 25.1 Å². The van der Waals surface area contributed by atoms with Crippen LogP contribution in [0.1, 0.15) is 12.0 Å². The molecule has 1 amide bonds. The fourth-order valence-corrected chi connectivity index (χ4v) is 2.40. The van der Waals surface area contributed by atoms with E-state index in [0.29, 0.717) is 17.1 Å². The average Bonchev–Trinajstić information content (AvgIpc) is 2.86. The molecule has 1 saturated heterocycles. The highest BCUT2D eigenvalue weighted by Gasteiger charge is 2.25. The van der Waals surface area contributed by atoms with Crippen molar-refractivity contribution in [1.29, 1.82) is 0 Å². The number of amides is 1. The van der Waals surface area contributed by atoms with Crippen LogP contribution in [0.5, 0.6) is 0 Å². The Morgan fingerprint density at radius 3 is 3.00 bits per heavy atom. The minimum atomic E-state index is -0.369. The first-order valence-electron chi connectivity index (χ1n) is 5.98. The molecular formula is C13H16ClFN2O. The molecular weight excluding hydrogens is 255 g/mol. The third-order valence-electron chi connectivity index (χ3n) is 3.24. The number of nitrogens with one attached hydrogen (secondary N) is 1. The van der Waals surface area contributed by atoms with Crippen molar-refractivity contribution < 1.29 is 9.18 Å². The lowest BCUT2D eigenvalue weighted by Crippen LogP contribution is -2.33. The molecule has 1 aromatic rings. The van der Waals surface area contributed by atoms with Crippen molar-refractivity contribution in [3.63, 3.8) is 0 Å². The fraction of sp³-hybridized carbons (Fsp3) is 0.462.